The average Bonchev–Trinajstić information content (AvgIpc) is 4.00. The van der Waals surface area contributed by atoms with Gasteiger partial charge in [0.15, 0.2) is 16.6 Å². The average molecular weight is 703 g/mol. The van der Waals surface area contributed by atoms with E-state index < -0.39 is 5.72 Å². The van der Waals surface area contributed by atoms with Gasteiger partial charge in [-0.1, -0.05) is 42.5 Å². The van der Waals surface area contributed by atoms with E-state index in [2.05, 4.69) is 21.4 Å². The Hall–Kier alpha value is -6.57. The predicted molar refractivity (Wildman–Crippen MR) is 197 cm³/mol. The Bertz CT molecular complexity index is 2790. The maximum atomic E-state index is 7.29. The quantitative estimate of drug-likeness (QED) is 0.154. The molecule has 11 nitrogen and oxygen atoms in total. The van der Waals surface area contributed by atoms with Crippen LogP contribution < -0.4 is 10.1 Å². The van der Waals surface area contributed by atoms with Gasteiger partial charge in [0.1, 0.15) is 28.4 Å². The zero-order valence-corrected chi connectivity index (χ0v) is 27.9. The summed E-state index contributed by atoms with van der Waals surface area (Å²) in [6.45, 7) is 0. The van der Waals surface area contributed by atoms with Crippen LogP contribution in [0.2, 0.25) is 0 Å². The number of aromatic amines is 2. The highest BCUT2D eigenvalue weighted by Gasteiger charge is 2.51. The van der Waals surface area contributed by atoms with Crippen LogP contribution in [0.1, 0.15) is 10.8 Å². The lowest BCUT2D eigenvalue weighted by Crippen LogP contribution is -2.39. The summed E-state index contributed by atoms with van der Waals surface area (Å²) in [4.78, 5) is 31.4. The van der Waals surface area contributed by atoms with Gasteiger partial charge in [-0.25, -0.2) is 24.9 Å². The minimum absolute atomic E-state index is 0.362. The molecule has 7 heterocycles. The maximum Gasteiger partial charge on any atom is 0.292 e. The third kappa shape index (κ3) is 4.19. The molecule has 0 fully saturated rings. The lowest BCUT2D eigenvalue weighted by Gasteiger charge is -2.25. The van der Waals surface area contributed by atoms with Crippen molar-refractivity contribution in [1.82, 2.24) is 34.9 Å². The van der Waals surface area contributed by atoms with E-state index in [1.165, 1.54) is 11.3 Å². The molecular weight excluding hydrogens is 681 g/mol. The summed E-state index contributed by atoms with van der Waals surface area (Å²) in [5, 5.41) is 8.10. The minimum atomic E-state index is -1.36. The van der Waals surface area contributed by atoms with Crippen LogP contribution in [0.4, 0.5) is 5.69 Å². The molecule has 0 saturated carbocycles. The third-order valence-corrected chi connectivity index (χ3v) is 11.0. The number of anilines is 1. The number of rotatable bonds is 6. The largest absolute Gasteiger partial charge is 0.456 e. The van der Waals surface area contributed by atoms with Gasteiger partial charge in [-0.05, 0) is 36.4 Å². The normalized spacial score (nSPS) is 15.5. The molecule has 4 aromatic carbocycles. The first-order chi connectivity index (χ1) is 25.2. The smallest absolute Gasteiger partial charge is 0.292 e. The van der Waals surface area contributed by atoms with E-state index in [-0.39, 0.29) is 0 Å². The van der Waals surface area contributed by atoms with Crippen molar-refractivity contribution >= 4 is 60.6 Å². The number of furan rings is 1. The van der Waals surface area contributed by atoms with Gasteiger partial charge in [0, 0.05) is 40.5 Å². The summed E-state index contributed by atoms with van der Waals surface area (Å²) in [5.41, 5.74) is 5.31. The van der Waals surface area contributed by atoms with Crippen LogP contribution in [0, 0.1) is 0 Å². The second-order valence-electron chi connectivity index (χ2n) is 12.0. The topological polar surface area (TPSA) is 144 Å². The highest BCUT2D eigenvalue weighted by Crippen LogP contribution is 2.60. The number of ether oxygens (including phenoxy) is 1. The molecule has 51 heavy (non-hydrogen) atoms. The van der Waals surface area contributed by atoms with Gasteiger partial charge in [0.25, 0.3) is 5.72 Å². The molecule has 13 heteroatoms. The predicted octanol–water partition coefficient (Wildman–Crippen LogP) is 9.46. The number of hydrogen-bond donors (Lipinski definition) is 3. The number of oxazole rings is 1. The zero-order chi connectivity index (χ0) is 33.5. The number of nitrogens with zero attached hydrogens (tertiary/aromatic N) is 5. The van der Waals surface area contributed by atoms with Crippen molar-refractivity contribution in [2.24, 2.45) is 0 Å². The number of nitrogens with one attached hydrogen (secondary N) is 3. The Balaban J connectivity index is 1.31. The van der Waals surface area contributed by atoms with Gasteiger partial charge in [0.05, 0.1) is 44.3 Å². The zero-order valence-electron chi connectivity index (χ0n) is 26.2. The van der Waals surface area contributed by atoms with Crippen LogP contribution in [-0.4, -0.2) is 34.9 Å². The van der Waals surface area contributed by atoms with Crippen LogP contribution in [0.25, 0.3) is 77.0 Å². The number of fused-ring (bicyclic) bond motifs is 4. The fourth-order valence-electron chi connectivity index (χ4n) is 6.86. The lowest BCUT2D eigenvalue weighted by atomic mass is 9.90. The molecule has 1 unspecified atom stereocenters. The van der Waals surface area contributed by atoms with Gasteiger partial charge < -0.3 is 28.9 Å². The maximum absolute atomic E-state index is 7.29. The number of H-pyrrole nitrogens is 2. The molecule has 1 atom stereocenters. The van der Waals surface area contributed by atoms with Crippen LogP contribution in [0.5, 0.6) is 5.75 Å². The molecule has 0 bridgehead atoms. The Morgan fingerprint density at radius 3 is 2.45 bits per heavy atom. The van der Waals surface area contributed by atoms with Crippen LogP contribution in [0.3, 0.4) is 0 Å². The van der Waals surface area contributed by atoms with Crippen molar-refractivity contribution in [2.75, 3.05) is 5.32 Å². The number of aromatic nitrogens is 7. The first kappa shape index (κ1) is 28.3. The van der Waals surface area contributed by atoms with E-state index in [4.69, 9.17) is 38.5 Å². The molecule has 0 amide bonds. The van der Waals surface area contributed by atoms with Gasteiger partial charge >= 0.3 is 0 Å². The Morgan fingerprint density at radius 1 is 0.765 bits per heavy atom. The van der Waals surface area contributed by atoms with Crippen molar-refractivity contribution < 1.29 is 13.6 Å². The second kappa shape index (κ2) is 10.7. The van der Waals surface area contributed by atoms with Crippen molar-refractivity contribution in [3.05, 3.63) is 126 Å². The monoisotopic (exact) mass is 702 g/mol. The molecule has 1 aliphatic heterocycles. The van der Waals surface area contributed by atoms with Crippen LogP contribution in [-0.2, 0) is 5.72 Å². The molecule has 0 spiro atoms. The second-order valence-corrected chi connectivity index (χ2v) is 13.9. The lowest BCUT2D eigenvalue weighted by molar-refractivity contribution is 0.155. The Kier molecular flexibility index (Phi) is 5.94. The third-order valence-electron chi connectivity index (χ3n) is 9.03. The SMILES string of the molecule is c1ccc2oc(-c3c(-c4nc5ccccc5s4)c4c(c(-c5ncc[nH]5)c3-c3ncco3)OC(c3nc5ccccc5[nH]3)(c3nccs3)N4)cc2c1. The van der Waals surface area contributed by atoms with E-state index in [0.717, 1.165) is 42.8 Å². The Morgan fingerprint density at radius 2 is 1.65 bits per heavy atom. The Labute approximate surface area is 295 Å². The van der Waals surface area contributed by atoms with Crippen molar-refractivity contribution in [2.45, 2.75) is 5.72 Å². The van der Waals surface area contributed by atoms with E-state index in [0.29, 0.717) is 56.4 Å². The first-order valence-electron chi connectivity index (χ1n) is 16.0. The number of para-hydroxylation sites is 4. The molecule has 0 radical (unpaired) electrons. The van der Waals surface area contributed by atoms with E-state index in [1.807, 2.05) is 78.2 Å². The fraction of sp³-hybridized carbons (Fsp3) is 0.0263. The number of thiazole rings is 2. The highest BCUT2D eigenvalue weighted by molar-refractivity contribution is 7.21. The number of benzene rings is 4. The first-order valence-corrected chi connectivity index (χ1v) is 17.7. The van der Waals surface area contributed by atoms with Crippen LogP contribution in [0.15, 0.2) is 124 Å². The molecule has 3 N–H and O–H groups in total. The van der Waals surface area contributed by atoms with Crippen LogP contribution >= 0.6 is 22.7 Å². The molecule has 0 saturated heterocycles. The molecule has 6 aromatic heterocycles. The number of imidazole rings is 2. The molecule has 1 aliphatic rings. The summed E-state index contributed by atoms with van der Waals surface area (Å²) in [5.74, 6) is 2.56. The summed E-state index contributed by atoms with van der Waals surface area (Å²) < 4.78 is 21.2. The van der Waals surface area contributed by atoms with Crippen molar-refractivity contribution in [1.29, 1.82) is 0 Å². The summed E-state index contributed by atoms with van der Waals surface area (Å²) >= 11 is 3.04. The van der Waals surface area contributed by atoms with Gasteiger partial charge in [-0.2, -0.15) is 0 Å². The van der Waals surface area contributed by atoms with E-state index in [1.54, 1.807) is 42.4 Å². The summed E-state index contributed by atoms with van der Waals surface area (Å²) in [7, 11) is 0. The molecular formula is C38H22N8O3S2. The summed E-state index contributed by atoms with van der Waals surface area (Å²) in [6.07, 6.45) is 8.43. The van der Waals surface area contributed by atoms with Gasteiger partial charge in [-0.15, -0.1) is 22.7 Å². The fourth-order valence-corrected chi connectivity index (χ4v) is 8.61. The van der Waals surface area contributed by atoms with E-state index >= 15 is 0 Å². The van der Waals surface area contributed by atoms with Gasteiger partial charge in [-0.3, -0.25) is 0 Å². The molecule has 10 aromatic rings. The highest BCUT2D eigenvalue weighted by atomic mass is 32.1. The van der Waals surface area contributed by atoms with Crippen molar-refractivity contribution in [3.63, 3.8) is 0 Å². The number of hydrogen-bond acceptors (Lipinski definition) is 11. The standard InChI is InChI=1S/C38H22N8O3S2/c1-5-11-24-20(7-1)19-25(48-24)27-28(34-41-15-17-47-34)30(33-39-13-14-40-33)32-31(29(27)35-43-23-10-4-6-12-26(23)51-35)46-38(49-32,37-42-16-18-50-37)36-44-21-8-2-3-9-22(21)45-36/h1-19,46H,(H,39,40)(H,44,45). The minimum Gasteiger partial charge on any atom is -0.456 e. The molecule has 244 valence electrons. The summed E-state index contributed by atoms with van der Waals surface area (Å²) in [6, 6.07) is 26.0. The molecule has 0 aliphatic carbocycles. The van der Waals surface area contributed by atoms with E-state index in [9.17, 15) is 0 Å². The molecule has 11 rings (SSSR count). The van der Waals surface area contributed by atoms with Crippen molar-refractivity contribution in [3.8, 4) is 50.5 Å². The van der Waals surface area contributed by atoms with Gasteiger partial charge in [0.2, 0.25) is 5.89 Å².